The van der Waals surface area contributed by atoms with Crippen LogP contribution in [0, 0.1) is 0 Å². The second kappa shape index (κ2) is 5.02. The Kier molecular flexibility index (Phi) is 3.83. The van der Waals surface area contributed by atoms with Gasteiger partial charge >= 0.3 is 5.97 Å². The summed E-state index contributed by atoms with van der Waals surface area (Å²) in [6.07, 6.45) is 1.08. The average Bonchev–Trinajstić information content (AvgIpc) is 2.99. The molecule has 1 aromatic rings. The van der Waals surface area contributed by atoms with Gasteiger partial charge in [-0.05, 0) is 24.6 Å². The number of esters is 1. The molecule has 110 valence electrons. The molecule has 0 aromatic heterocycles. The summed E-state index contributed by atoms with van der Waals surface area (Å²) in [5.41, 5.74) is 5.18. The zero-order chi connectivity index (χ0) is 15.1. The lowest BCUT2D eigenvalue weighted by molar-refractivity contribution is -0.145. The normalized spacial score (nSPS) is 29.0. The maximum Gasteiger partial charge on any atom is 0.328 e. The molecule has 1 aromatic carbocycles. The molecule has 1 aliphatic carbocycles. The van der Waals surface area contributed by atoms with E-state index in [0.29, 0.717) is 10.6 Å². The van der Waals surface area contributed by atoms with Crippen molar-refractivity contribution in [2.24, 2.45) is 5.73 Å². The van der Waals surface area contributed by atoms with E-state index in [1.165, 1.54) is 0 Å². The highest BCUT2D eigenvalue weighted by atomic mass is 35.5. The van der Waals surface area contributed by atoms with Gasteiger partial charge in [-0.2, -0.15) is 0 Å². The molecule has 1 saturated carbocycles. The quantitative estimate of drug-likeness (QED) is 0.841. The summed E-state index contributed by atoms with van der Waals surface area (Å²) < 4.78 is 28.6. The van der Waals surface area contributed by atoms with Crippen molar-refractivity contribution in [2.45, 2.75) is 23.6 Å². The Morgan fingerprint density at radius 1 is 1.40 bits per heavy atom. The predicted octanol–water partition coefficient (Wildman–Crippen LogP) is 1.11. The van der Waals surface area contributed by atoms with Crippen molar-refractivity contribution in [2.75, 3.05) is 12.9 Å². The number of nitrogens with two attached hydrogens (primary N) is 1. The first-order valence-corrected chi connectivity index (χ1v) is 8.46. The van der Waals surface area contributed by atoms with Gasteiger partial charge in [-0.15, -0.1) is 0 Å². The standard InChI is InChI=1S/C13H16ClNO4S/c1-3-19-12(16)13(15)10(11(13)20(2,17)18)8-4-6-9(14)7-5-8/h4-7,10-11H,3,15H2,1-2H3/t10-,11+,13+/m1/s1. The second-order valence-corrected chi connectivity index (χ2v) is 7.54. The summed E-state index contributed by atoms with van der Waals surface area (Å²) in [7, 11) is -3.47. The van der Waals surface area contributed by atoms with Crippen molar-refractivity contribution < 1.29 is 17.9 Å². The number of carbonyl (C=O) groups is 1. The lowest BCUT2D eigenvalue weighted by Gasteiger charge is -2.10. The molecule has 0 spiro atoms. The van der Waals surface area contributed by atoms with Crippen molar-refractivity contribution in [3.8, 4) is 0 Å². The fourth-order valence-corrected chi connectivity index (χ4v) is 4.47. The Labute approximate surface area is 123 Å². The number of ether oxygens (including phenoxy) is 1. The van der Waals surface area contributed by atoms with Gasteiger partial charge in [0.05, 0.1) is 11.9 Å². The summed E-state index contributed by atoms with van der Waals surface area (Å²) in [6, 6.07) is 6.64. The van der Waals surface area contributed by atoms with Crippen molar-refractivity contribution in [1.29, 1.82) is 0 Å². The SMILES string of the molecule is CCOC(=O)[C@]1(N)[C@H](c2ccc(Cl)cc2)[C@@H]1S(C)(=O)=O. The minimum absolute atomic E-state index is 0.154. The third-order valence-corrected chi connectivity index (χ3v) is 5.34. The Morgan fingerprint density at radius 3 is 2.40 bits per heavy atom. The van der Waals surface area contributed by atoms with Crippen LogP contribution < -0.4 is 5.73 Å². The molecule has 0 saturated heterocycles. The van der Waals surface area contributed by atoms with E-state index in [4.69, 9.17) is 22.1 Å². The molecule has 5 nitrogen and oxygen atoms in total. The Bertz CT molecular complexity index is 628. The fraction of sp³-hybridized carbons (Fsp3) is 0.462. The Balaban J connectivity index is 2.41. The molecular weight excluding hydrogens is 302 g/mol. The van der Waals surface area contributed by atoms with Crippen LogP contribution in [0.2, 0.25) is 5.02 Å². The van der Waals surface area contributed by atoms with Crippen molar-refractivity contribution in [1.82, 2.24) is 0 Å². The minimum Gasteiger partial charge on any atom is -0.465 e. The van der Waals surface area contributed by atoms with E-state index < -0.39 is 32.5 Å². The van der Waals surface area contributed by atoms with Crippen LogP contribution in [0.15, 0.2) is 24.3 Å². The molecule has 2 rings (SSSR count). The smallest absolute Gasteiger partial charge is 0.328 e. The highest BCUT2D eigenvalue weighted by Crippen LogP contribution is 2.54. The van der Waals surface area contributed by atoms with Crippen molar-refractivity contribution in [3.63, 3.8) is 0 Å². The first kappa shape index (κ1) is 15.3. The fourth-order valence-electron chi connectivity index (χ4n) is 2.60. The summed E-state index contributed by atoms with van der Waals surface area (Å²) >= 11 is 5.81. The molecule has 0 bridgehead atoms. The maximum atomic E-state index is 12.0. The van der Waals surface area contributed by atoms with Gasteiger partial charge in [-0.1, -0.05) is 23.7 Å². The highest BCUT2D eigenvalue weighted by Gasteiger charge is 2.73. The van der Waals surface area contributed by atoms with E-state index in [-0.39, 0.29) is 6.61 Å². The minimum atomic E-state index is -3.47. The first-order valence-electron chi connectivity index (χ1n) is 6.13. The van der Waals surface area contributed by atoms with Crippen LogP contribution in [0.25, 0.3) is 0 Å². The van der Waals surface area contributed by atoms with Crippen molar-refractivity contribution >= 4 is 27.4 Å². The lowest BCUT2D eigenvalue weighted by Crippen LogP contribution is -2.41. The Hall–Kier alpha value is -1.11. The van der Waals surface area contributed by atoms with E-state index in [9.17, 15) is 13.2 Å². The van der Waals surface area contributed by atoms with Crippen LogP contribution in [0.4, 0.5) is 0 Å². The zero-order valence-corrected chi connectivity index (χ0v) is 12.7. The molecule has 2 N–H and O–H groups in total. The molecule has 1 aliphatic rings. The predicted molar refractivity (Wildman–Crippen MR) is 76.4 cm³/mol. The summed E-state index contributed by atoms with van der Waals surface area (Å²) in [4.78, 5) is 12.0. The van der Waals surface area contributed by atoms with Gasteiger partial charge in [-0.3, -0.25) is 0 Å². The van der Waals surface area contributed by atoms with Crippen LogP contribution >= 0.6 is 11.6 Å². The number of benzene rings is 1. The third-order valence-electron chi connectivity index (χ3n) is 3.50. The van der Waals surface area contributed by atoms with E-state index in [1.807, 2.05) is 0 Å². The first-order chi connectivity index (χ1) is 9.22. The zero-order valence-electron chi connectivity index (χ0n) is 11.2. The van der Waals surface area contributed by atoms with Gasteiger partial charge < -0.3 is 10.5 Å². The van der Waals surface area contributed by atoms with Crippen LogP contribution in [0.3, 0.4) is 0 Å². The topological polar surface area (TPSA) is 86.5 Å². The van der Waals surface area contributed by atoms with E-state index in [2.05, 4.69) is 0 Å². The summed E-state index contributed by atoms with van der Waals surface area (Å²) in [5, 5.41) is -0.431. The molecule has 1 fully saturated rings. The van der Waals surface area contributed by atoms with Gasteiger partial charge in [0.15, 0.2) is 9.84 Å². The van der Waals surface area contributed by atoms with E-state index >= 15 is 0 Å². The van der Waals surface area contributed by atoms with Crippen LogP contribution in [0.5, 0.6) is 0 Å². The molecule has 7 heteroatoms. The molecule has 0 aliphatic heterocycles. The summed E-state index contributed by atoms with van der Waals surface area (Å²) in [5.74, 6) is -1.29. The van der Waals surface area contributed by atoms with Gasteiger partial charge in [-0.25, -0.2) is 13.2 Å². The number of carbonyl (C=O) groups excluding carboxylic acids is 1. The average molecular weight is 318 g/mol. The van der Waals surface area contributed by atoms with Gasteiger partial charge in [0.2, 0.25) is 0 Å². The molecule has 3 atom stereocenters. The van der Waals surface area contributed by atoms with Crippen LogP contribution in [-0.4, -0.2) is 38.0 Å². The van der Waals surface area contributed by atoms with Gasteiger partial charge in [0.25, 0.3) is 0 Å². The van der Waals surface area contributed by atoms with Crippen LogP contribution in [0.1, 0.15) is 18.4 Å². The van der Waals surface area contributed by atoms with Crippen molar-refractivity contribution in [3.05, 3.63) is 34.9 Å². The monoisotopic (exact) mass is 317 g/mol. The molecular formula is C13H16ClNO4S. The summed E-state index contributed by atoms with van der Waals surface area (Å²) in [6.45, 7) is 1.80. The molecule has 0 amide bonds. The van der Waals surface area contributed by atoms with Gasteiger partial charge in [0, 0.05) is 17.2 Å². The number of sulfone groups is 1. The molecule has 20 heavy (non-hydrogen) atoms. The maximum absolute atomic E-state index is 12.0. The van der Waals surface area contributed by atoms with Gasteiger partial charge in [0.1, 0.15) is 5.54 Å². The van der Waals surface area contributed by atoms with Crippen LogP contribution in [-0.2, 0) is 19.4 Å². The highest BCUT2D eigenvalue weighted by molar-refractivity contribution is 7.91. The number of halogens is 1. The largest absolute Gasteiger partial charge is 0.465 e. The molecule has 0 unspecified atom stereocenters. The molecule has 0 radical (unpaired) electrons. The Morgan fingerprint density at radius 2 is 1.95 bits per heavy atom. The number of hydrogen-bond acceptors (Lipinski definition) is 5. The lowest BCUT2D eigenvalue weighted by atomic mass is 10.1. The van der Waals surface area contributed by atoms with E-state index in [0.717, 1.165) is 6.26 Å². The number of hydrogen-bond donors (Lipinski definition) is 1. The third kappa shape index (κ3) is 2.43. The second-order valence-electron chi connectivity index (χ2n) is 4.93. The molecule has 0 heterocycles. The van der Waals surface area contributed by atoms with E-state index in [1.54, 1.807) is 31.2 Å². The number of rotatable bonds is 4.